The Morgan fingerprint density at radius 2 is 1.86 bits per heavy atom. The number of hydrogen-bond donors (Lipinski definition) is 1. The third-order valence-corrected chi connectivity index (χ3v) is 5.83. The number of ketones is 1. The Hall–Kier alpha value is -2.50. The summed E-state index contributed by atoms with van der Waals surface area (Å²) in [5.41, 5.74) is 1.89. The quantitative estimate of drug-likeness (QED) is 0.803. The van der Waals surface area contributed by atoms with Gasteiger partial charge in [0.05, 0.1) is 25.8 Å². The first kappa shape index (κ1) is 21.2. The van der Waals surface area contributed by atoms with E-state index in [1.165, 1.54) is 0 Å². The minimum absolute atomic E-state index is 0.00383. The van der Waals surface area contributed by atoms with Gasteiger partial charge in [0, 0.05) is 25.8 Å². The number of aliphatic hydroxyl groups is 1. The molecule has 0 saturated carbocycles. The van der Waals surface area contributed by atoms with Crippen molar-refractivity contribution in [3.05, 3.63) is 34.6 Å². The minimum Gasteiger partial charge on any atom is -0.512 e. The third kappa shape index (κ3) is 3.98. The van der Waals surface area contributed by atoms with Crippen LogP contribution >= 0.6 is 0 Å². The van der Waals surface area contributed by atoms with Crippen molar-refractivity contribution in [2.45, 2.75) is 58.9 Å². The predicted molar refractivity (Wildman–Crippen MR) is 110 cm³/mol. The number of Topliss-reactive ketones (excluding diaryl/α,β-unsaturated/α-hetero) is 1. The third-order valence-electron chi connectivity index (χ3n) is 5.83. The van der Waals surface area contributed by atoms with E-state index in [1.54, 1.807) is 19.1 Å². The molecule has 1 aromatic rings. The average molecular weight is 402 g/mol. The highest BCUT2D eigenvalue weighted by molar-refractivity contribution is 5.99. The molecule has 1 amide bonds. The number of hydrogen-bond acceptors (Lipinski definition) is 5. The first-order valence-corrected chi connectivity index (χ1v) is 10.2. The fraction of sp³-hybridized carbons (Fsp3) is 0.565. The van der Waals surface area contributed by atoms with Crippen LogP contribution in [0.5, 0.6) is 11.5 Å². The molecule has 1 atom stereocenters. The molecule has 0 spiro atoms. The molecular formula is C23H31NO5. The summed E-state index contributed by atoms with van der Waals surface area (Å²) in [6, 6.07) is 3.16. The molecule has 29 heavy (non-hydrogen) atoms. The van der Waals surface area contributed by atoms with Gasteiger partial charge >= 0.3 is 0 Å². The molecule has 158 valence electrons. The van der Waals surface area contributed by atoms with Gasteiger partial charge in [0.1, 0.15) is 5.76 Å². The van der Waals surface area contributed by atoms with Crippen LogP contribution < -0.4 is 9.47 Å². The summed E-state index contributed by atoms with van der Waals surface area (Å²) in [4.78, 5) is 27.8. The number of nitrogens with zero attached hydrogens (tertiary/aromatic N) is 1. The molecule has 1 unspecified atom stereocenters. The van der Waals surface area contributed by atoms with Gasteiger partial charge in [-0.25, -0.2) is 0 Å². The number of methoxy groups -OCH3 is 2. The van der Waals surface area contributed by atoms with Gasteiger partial charge in [0.25, 0.3) is 0 Å². The minimum atomic E-state index is -0.596. The van der Waals surface area contributed by atoms with Crippen LogP contribution in [-0.4, -0.2) is 42.5 Å². The second-order valence-electron chi connectivity index (χ2n) is 8.70. The van der Waals surface area contributed by atoms with Crippen molar-refractivity contribution in [2.75, 3.05) is 20.8 Å². The first-order chi connectivity index (χ1) is 13.7. The van der Waals surface area contributed by atoms with Crippen molar-refractivity contribution in [2.24, 2.45) is 5.41 Å². The maximum Gasteiger partial charge on any atom is 0.223 e. The molecule has 0 aromatic heterocycles. The molecule has 1 heterocycles. The Balaban J connectivity index is 2.19. The summed E-state index contributed by atoms with van der Waals surface area (Å²) in [6.45, 7) is 6.41. The summed E-state index contributed by atoms with van der Waals surface area (Å²) >= 11 is 0. The fourth-order valence-electron chi connectivity index (χ4n) is 4.50. The molecule has 0 saturated heterocycles. The van der Waals surface area contributed by atoms with Gasteiger partial charge in [-0.05, 0) is 41.5 Å². The fourth-order valence-corrected chi connectivity index (χ4v) is 4.50. The Morgan fingerprint density at radius 1 is 1.21 bits per heavy atom. The summed E-state index contributed by atoms with van der Waals surface area (Å²) in [5.74, 6) is 1.15. The lowest BCUT2D eigenvalue weighted by Crippen LogP contribution is -2.43. The standard InChI is InChI=1S/C23H31NO5/c1-6-7-20(27)24-9-8-14-10-18(28-4)19(29-5)11-15(14)22(24)21-16(25)12-23(2,3)13-17(21)26/h10-11,22,25H,6-9,12-13H2,1-5H3. The molecule has 3 rings (SSSR count). The highest BCUT2D eigenvalue weighted by Gasteiger charge is 2.42. The summed E-state index contributed by atoms with van der Waals surface area (Å²) in [6.07, 6.45) is 2.57. The van der Waals surface area contributed by atoms with E-state index >= 15 is 0 Å². The number of fused-ring (bicyclic) bond motifs is 1. The highest BCUT2D eigenvalue weighted by atomic mass is 16.5. The van der Waals surface area contributed by atoms with Gasteiger partial charge in [-0.15, -0.1) is 0 Å². The van der Waals surface area contributed by atoms with Crippen molar-refractivity contribution in [1.82, 2.24) is 4.90 Å². The van der Waals surface area contributed by atoms with Crippen LogP contribution in [0.4, 0.5) is 0 Å². The summed E-state index contributed by atoms with van der Waals surface area (Å²) in [7, 11) is 3.15. The van der Waals surface area contributed by atoms with Crippen molar-refractivity contribution >= 4 is 11.7 Å². The Bertz CT molecular complexity index is 855. The van der Waals surface area contributed by atoms with E-state index in [4.69, 9.17) is 9.47 Å². The van der Waals surface area contributed by atoms with Gasteiger partial charge in [0.15, 0.2) is 17.3 Å². The van der Waals surface area contributed by atoms with Gasteiger partial charge in [-0.1, -0.05) is 20.8 Å². The lowest BCUT2D eigenvalue weighted by Gasteiger charge is -2.41. The monoisotopic (exact) mass is 401 g/mol. The smallest absolute Gasteiger partial charge is 0.223 e. The van der Waals surface area contributed by atoms with Crippen molar-refractivity contribution in [1.29, 1.82) is 0 Å². The van der Waals surface area contributed by atoms with Crippen LogP contribution in [0, 0.1) is 5.41 Å². The lowest BCUT2D eigenvalue weighted by atomic mass is 9.73. The van der Waals surface area contributed by atoms with Crippen LogP contribution in [0.25, 0.3) is 0 Å². The number of ether oxygens (including phenoxy) is 2. The molecule has 6 nitrogen and oxygen atoms in total. The highest BCUT2D eigenvalue weighted by Crippen LogP contribution is 2.46. The molecule has 6 heteroatoms. The lowest BCUT2D eigenvalue weighted by molar-refractivity contribution is -0.134. The van der Waals surface area contributed by atoms with Crippen LogP contribution in [-0.2, 0) is 16.0 Å². The van der Waals surface area contributed by atoms with Crippen molar-refractivity contribution in [3.8, 4) is 11.5 Å². The van der Waals surface area contributed by atoms with E-state index in [2.05, 4.69) is 0 Å². The number of carbonyl (C=O) groups is 2. The average Bonchev–Trinajstić information content (AvgIpc) is 2.65. The maximum atomic E-state index is 13.1. The number of rotatable bonds is 5. The normalized spacial score (nSPS) is 21.1. The molecule has 0 bridgehead atoms. The molecule has 0 fully saturated rings. The van der Waals surface area contributed by atoms with E-state index < -0.39 is 6.04 Å². The van der Waals surface area contributed by atoms with E-state index in [-0.39, 0.29) is 22.9 Å². The number of aliphatic hydroxyl groups excluding tert-OH is 1. The van der Waals surface area contributed by atoms with E-state index in [1.807, 2.05) is 32.9 Å². The van der Waals surface area contributed by atoms with Crippen LogP contribution in [0.1, 0.15) is 63.6 Å². The van der Waals surface area contributed by atoms with Crippen LogP contribution in [0.3, 0.4) is 0 Å². The number of benzene rings is 1. The Labute approximate surface area is 172 Å². The maximum absolute atomic E-state index is 13.1. The zero-order valence-corrected chi connectivity index (χ0v) is 18.0. The Morgan fingerprint density at radius 3 is 2.45 bits per heavy atom. The summed E-state index contributed by atoms with van der Waals surface area (Å²) < 4.78 is 10.9. The van der Waals surface area contributed by atoms with Crippen LogP contribution in [0.2, 0.25) is 0 Å². The molecule has 1 aliphatic heterocycles. The molecule has 0 radical (unpaired) electrons. The molecule has 2 aliphatic rings. The molecule has 1 aromatic carbocycles. The van der Waals surface area contributed by atoms with Gasteiger partial charge in [-0.3, -0.25) is 9.59 Å². The summed E-state index contributed by atoms with van der Waals surface area (Å²) in [5, 5.41) is 10.9. The SMILES string of the molecule is CCCC(=O)N1CCc2cc(OC)c(OC)cc2C1C1=C(O)CC(C)(C)CC1=O. The number of carbonyl (C=O) groups excluding carboxylic acids is 2. The van der Waals surface area contributed by atoms with Crippen LogP contribution in [0.15, 0.2) is 23.5 Å². The zero-order valence-electron chi connectivity index (χ0n) is 18.0. The van der Waals surface area contributed by atoms with Crippen molar-refractivity contribution < 1.29 is 24.2 Å². The second-order valence-corrected chi connectivity index (χ2v) is 8.70. The van der Waals surface area contributed by atoms with E-state index in [0.29, 0.717) is 49.3 Å². The van der Waals surface area contributed by atoms with E-state index in [0.717, 1.165) is 17.5 Å². The molecule has 1 N–H and O–H groups in total. The molecular weight excluding hydrogens is 370 g/mol. The zero-order chi connectivity index (χ0) is 21.3. The Kier molecular flexibility index (Phi) is 5.92. The predicted octanol–water partition coefficient (Wildman–Crippen LogP) is 4.13. The van der Waals surface area contributed by atoms with Gasteiger partial charge in [-0.2, -0.15) is 0 Å². The second kappa shape index (κ2) is 8.09. The topological polar surface area (TPSA) is 76.1 Å². The van der Waals surface area contributed by atoms with Gasteiger partial charge < -0.3 is 19.5 Å². The largest absolute Gasteiger partial charge is 0.512 e. The molecule has 1 aliphatic carbocycles. The first-order valence-electron chi connectivity index (χ1n) is 10.2. The van der Waals surface area contributed by atoms with Gasteiger partial charge in [0.2, 0.25) is 5.91 Å². The van der Waals surface area contributed by atoms with Crippen molar-refractivity contribution in [3.63, 3.8) is 0 Å². The number of amides is 1. The van der Waals surface area contributed by atoms with E-state index in [9.17, 15) is 14.7 Å². The number of allylic oxidation sites excluding steroid dienone is 1.